The second kappa shape index (κ2) is 4.87. The van der Waals surface area contributed by atoms with E-state index in [0.717, 1.165) is 36.6 Å². The summed E-state index contributed by atoms with van der Waals surface area (Å²) in [4.78, 5) is 14.6. The average Bonchev–Trinajstić information content (AvgIpc) is 3.06. The number of nitrogens with zero attached hydrogens (tertiary/aromatic N) is 1. The Morgan fingerprint density at radius 2 is 1.83 bits per heavy atom. The molecule has 1 aromatic rings. The van der Waals surface area contributed by atoms with Crippen LogP contribution in [0.4, 0.5) is 5.69 Å². The van der Waals surface area contributed by atoms with Gasteiger partial charge in [-0.2, -0.15) is 0 Å². The highest BCUT2D eigenvalue weighted by Crippen LogP contribution is 2.48. The molecule has 23 heavy (non-hydrogen) atoms. The highest BCUT2D eigenvalue weighted by atomic mass is 16.6. The summed E-state index contributed by atoms with van der Waals surface area (Å²) >= 11 is 0. The summed E-state index contributed by atoms with van der Waals surface area (Å²) in [6.45, 7) is 2.01. The number of ether oxygens (including phenoxy) is 2. The minimum Gasteiger partial charge on any atom is -0.486 e. The maximum Gasteiger partial charge on any atom is 0.227 e. The summed E-state index contributed by atoms with van der Waals surface area (Å²) in [7, 11) is 0. The molecule has 0 saturated carbocycles. The molecule has 1 amide bonds. The van der Waals surface area contributed by atoms with Crippen LogP contribution >= 0.6 is 0 Å². The van der Waals surface area contributed by atoms with Crippen LogP contribution in [0.5, 0.6) is 11.5 Å². The third-order valence-electron chi connectivity index (χ3n) is 5.85. The maximum absolute atomic E-state index is 12.7. The van der Waals surface area contributed by atoms with Crippen molar-refractivity contribution in [3.8, 4) is 11.5 Å². The Kier molecular flexibility index (Phi) is 2.89. The molecule has 0 aromatic heterocycles. The number of benzene rings is 1. The molecule has 5 nitrogen and oxygen atoms in total. The molecule has 2 bridgehead atoms. The number of fused-ring (bicyclic) bond motifs is 3. The van der Waals surface area contributed by atoms with Crippen molar-refractivity contribution < 1.29 is 14.3 Å². The number of rotatable bonds is 1. The third-order valence-corrected chi connectivity index (χ3v) is 5.85. The minimum absolute atomic E-state index is 0.168. The van der Waals surface area contributed by atoms with Crippen molar-refractivity contribution >= 4 is 11.6 Å². The van der Waals surface area contributed by atoms with Crippen molar-refractivity contribution in [2.24, 2.45) is 5.41 Å². The second-order valence-electron chi connectivity index (χ2n) is 7.53. The number of carbonyl (C=O) groups is 1. The zero-order valence-electron chi connectivity index (χ0n) is 13.2. The maximum atomic E-state index is 12.7. The third kappa shape index (κ3) is 2.21. The minimum atomic E-state index is 0.168. The summed E-state index contributed by atoms with van der Waals surface area (Å²) in [6, 6.07) is 7.10. The number of piperidine rings is 1. The van der Waals surface area contributed by atoms with Gasteiger partial charge in [0.15, 0.2) is 11.5 Å². The fourth-order valence-electron chi connectivity index (χ4n) is 4.96. The highest BCUT2D eigenvalue weighted by molar-refractivity contribution is 5.96. The lowest BCUT2D eigenvalue weighted by Gasteiger charge is -2.37. The summed E-state index contributed by atoms with van der Waals surface area (Å²) in [5, 5.41) is 3.69. The van der Waals surface area contributed by atoms with Gasteiger partial charge in [0.2, 0.25) is 5.91 Å². The fraction of sp³-hybridized carbons (Fsp3) is 0.611. The van der Waals surface area contributed by atoms with Crippen LogP contribution in [-0.4, -0.2) is 37.7 Å². The van der Waals surface area contributed by atoms with Gasteiger partial charge in [-0.05, 0) is 37.8 Å². The van der Waals surface area contributed by atoms with Gasteiger partial charge in [-0.3, -0.25) is 4.79 Å². The van der Waals surface area contributed by atoms with E-state index < -0.39 is 0 Å². The standard InChI is InChI=1S/C18H22N2O3/c21-17-10-18(8-12-1-2-13(9-18)19-12)11-20(17)14-3-4-15-16(7-14)23-6-5-22-15/h3-4,7,12-13,19H,1-2,5-6,8-11H2. The molecule has 3 fully saturated rings. The monoisotopic (exact) mass is 314 g/mol. The summed E-state index contributed by atoms with van der Waals surface area (Å²) in [5.41, 5.74) is 1.11. The van der Waals surface area contributed by atoms with Gasteiger partial charge < -0.3 is 19.7 Å². The molecule has 1 spiro atoms. The van der Waals surface area contributed by atoms with Crippen LogP contribution in [0.2, 0.25) is 0 Å². The SMILES string of the molecule is O=C1CC2(CC3CCC(C2)N3)CN1c1ccc2c(c1)OCCO2. The first-order chi connectivity index (χ1) is 11.2. The number of nitrogens with one attached hydrogen (secondary N) is 1. The van der Waals surface area contributed by atoms with Crippen LogP contribution in [0, 0.1) is 5.41 Å². The van der Waals surface area contributed by atoms with Gasteiger partial charge in [-0.1, -0.05) is 0 Å². The summed E-state index contributed by atoms with van der Waals surface area (Å²) in [5.74, 6) is 1.79. The Balaban J connectivity index is 1.42. The van der Waals surface area contributed by atoms with E-state index in [-0.39, 0.29) is 11.3 Å². The van der Waals surface area contributed by atoms with Crippen LogP contribution in [0.3, 0.4) is 0 Å². The van der Waals surface area contributed by atoms with Gasteiger partial charge in [0.1, 0.15) is 13.2 Å². The molecule has 4 heterocycles. The molecule has 4 aliphatic rings. The normalized spacial score (nSPS) is 35.1. The first-order valence-electron chi connectivity index (χ1n) is 8.67. The van der Waals surface area contributed by atoms with Crippen molar-refractivity contribution in [3.63, 3.8) is 0 Å². The molecule has 3 saturated heterocycles. The van der Waals surface area contributed by atoms with E-state index in [4.69, 9.17) is 9.47 Å². The van der Waals surface area contributed by atoms with Crippen LogP contribution in [0.15, 0.2) is 18.2 Å². The predicted octanol–water partition coefficient (Wildman–Crippen LogP) is 2.10. The number of hydrogen-bond donors (Lipinski definition) is 1. The fourth-order valence-corrected chi connectivity index (χ4v) is 4.96. The number of anilines is 1. The lowest BCUT2D eigenvalue weighted by atomic mass is 9.75. The van der Waals surface area contributed by atoms with Crippen LogP contribution in [-0.2, 0) is 4.79 Å². The average molecular weight is 314 g/mol. The Hall–Kier alpha value is -1.75. The predicted molar refractivity (Wildman–Crippen MR) is 86.0 cm³/mol. The van der Waals surface area contributed by atoms with Crippen molar-refractivity contribution in [1.29, 1.82) is 0 Å². The summed E-state index contributed by atoms with van der Waals surface area (Å²) < 4.78 is 11.2. The van der Waals surface area contributed by atoms with Crippen molar-refractivity contribution in [1.82, 2.24) is 5.32 Å². The molecular weight excluding hydrogens is 292 g/mol. The van der Waals surface area contributed by atoms with Gasteiger partial charge in [0.25, 0.3) is 0 Å². The van der Waals surface area contributed by atoms with Crippen molar-refractivity contribution in [2.75, 3.05) is 24.7 Å². The van der Waals surface area contributed by atoms with E-state index in [1.807, 2.05) is 23.1 Å². The quantitative estimate of drug-likeness (QED) is 0.862. The molecule has 5 heteroatoms. The molecule has 5 rings (SSSR count). The molecule has 1 N–H and O–H groups in total. The van der Waals surface area contributed by atoms with E-state index >= 15 is 0 Å². The first kappa shape index (κ1) is 13.7. The van der Waals surface area contributed by atoms with E-state index in [2.05, 4.69) is 5.32 Å². The Morgan fingerprint density at radius 1 is 1.09 bits per heavy atom. The zero-order chi connectivity index (χ0) is 15.4. The van der Waals surface area contributed by atoms with E-state index in [1.165, 1.54) is 12.8 Å². The van der Waals surface area contributed by atoms with Crippen molar-refractivity contribution in [2.45, 2.75) is 44.2 Å². The van der Waals surface area contributed by atoms with Crippen LogP contribution in [0.25, 0.3) is 0 Å². The lowest BCUT2D eigenvalue weighted by Crippen LogP contribution is -2.45. The highest BCUT2D eigenvalue weighted by Gasteiger charge is 2.50. The molecule has 4 aliphatic heterocycles. The Morgan fingerprint density at radius 3 is 2.61 bits per heavy atom. The smallest absolute Gasteiger partial charge is 0.227 e. The topological polar surface area (TPSA) is 50.8 Å². The number of hydrogen-bond acceptors (Lipinski definition) is 4. The lowest BCUT2D eigenvalue weighted by molar-refractivity contribution is -0.118. The van der Waals surface area contributed by atoms with E-state index in [9.17, 15) is 4.79 Å². The molecular formula is C18H22N2O3. The largest absolute Gasteiger partial charge is 0.486 e. The van der Waals surface area contributed by atoms with Gasteiger partial charge in [0.05, 0.1) is 0 Å². The molecule has 2 atom stereocenters. The molecule has 1 aromatic carbocycles. The van der Waals surface area contributed by atoms with Gasteiger partial charge in [0, 0.05) is 42.2 Å². The first-order valence-corrected chi connectivity index (χ1v) is 8.67. The van der Waals surface area contributed by atoms with Gasteiger partial charge in [-0.15, -0.1) is 0 Å². The molecule has 0 aliphatic carbocycles. The Bertz CT molecular complexity index is 648. The molecule has 2 unspecified atom stereocenters. The zero-order valence-corrected chi connectivity index (χ0v) is 13.2. The number of amides is 1. The Labute approximate surface area is 135 Å². The summed E-state index contributed by atoms with van der Waals surface area (Å²) in [6.07, 6.45) is 5.50. The molecule has 0 radical (unpaired) electrons. The van der Waals surface area contributed by atoms with Crippen molar-refractivity contribution in [3.05, 3.63) is 18.2 Å². The van der Waals surface area contributed by atoms with E-state index in [0.29, 0.717) is 31.7 Å². The number of carbonyl (C=O) groups excluding carboxylic acids is 1. The van der Waals surface area contributed by atoms with E-state index in [1.54, 1.807) is 0 Å². The second-order valence-corrected chi connectivity index (χ2v) is 7.53. The van der Waals surface area contributed by atoms with Gasteiger partial charge in [-0.25, -0.2) is 0 Å². The van der Waals surface area contributed by atoms with Crippen LogP contribution in [0.1, 0.15) is 32.1 Å². The molecule has 122 valence electrons. The van der Waals surface area contributed by atoms with Gasteiger partial charge >= 0.3 is 0 Å². The van der Waals surface area contributed by atoms with Crippen LogP contribution < -0.4 is 19.7 Å².